The number of carbonyl (C=O) groups excluding carboxylic acids is 1. The summed E-state index contributed by atoms with van der Waals surface area (Å²) in [5.41, 5.74) is 0.311. The summed E-state index contributed by atoms with van der Waals surface area (Å²) in [7, 11) is 1.60. The Kier molecular flexibility index (Phi) is 7.83. The van der Waals surface area contributed by atoms with Gasteiger partial charge in [0.05, 0.1) is 18.6 Å². The minimum atomic E-state index is -0.406. The highest BCUT2D eigenvalue weighted by Crippen LogP contribution is 2.26. The van der Waals surface area contributed by atoms with E-state index in [0.717, 1.165) is 31.4 Å². The number of carbonyl (C=O) groups is 1. The summed E-state index contributed by atoms with van der Waals surface area (Å²) in [6.45, 7) is 0.0858. The molecule has 2 aromatic carbocycles. The lowest BCUT2D eigenvalue weighted by Gasteiger charge is -2.22. The second-order valence-corrected chi connectivity index (χ2v) is 8.78. The molecule has 33 heavy (non-hydrogen) atoms. The van der Waals surface area contributed by atoms with Crippen molar-refractivity contribution in [2.24, 2.45) is 0 Å². The largest absolute Gasteiger partial charge is 0.497 e. The minimum absolute atomic E-state index is 0.0500. The first kappa shape index (κ1) is 23.1. The maximum Gasteiger partial charge on any atom is 0.230 e. The zero-order valence-corrected chi connectivity index (χ0v) is 19.3. The second-order valence-electron chi connectivity index (χ2n) is 7.84. The molecule has 1 amide bonds. The topological polar surface area (TPSA) is 78.3 Å². The molecule has 1 aromatic heterocycles. The molecular formula is C24H27FN4O3S. The molecule has 0 spiro atoms. The van der Waals surface area contributed by atoms with E-state index in [4.69, 9.17) is 9.47 Å². The first-order chi connectivity index (χ1) is 16.1. The Bertz CT molecular complexity index is 1070. The lowest BCUT2D eigenvalue weighted by Crippen LogP contribution is -2.37. The quantitative estimate of drug-likeness (QED) is 0.463. The van der Waals surface area contributed by atoms with Crippen LogP contribution in [0, 0.1) is 5.82 Å². The number of ether oxygens (including phenoxy) is 2. The number of rotatable bonds is 9. The van der Waals surface area contributed by atoms with Gasteiger partial charge in [-0.25, -0.2) is 4.39 Å². The fourth-order valence-electron chi connectivity index (χ4n) is 3.83. The third-order valence-corrected chi connectivity index (χ3v) is 6.45. The Labute approximate surface area is 196 Å². The maximum absolute atomic E-state index is 14.6. The van der Waals surface area contributed by atoms with Crippen molar-refractivity contribution in [3.05, 3.63) is 60.2 Å². The number of hydrogen-bond acceptors (Lipinski definition) is 6. The van der Waals surface area contributed by atoms with Gasteiger partial charge in [0.2, 0.25) is 5.91 Å². The van der Waals surface area contributed by atoms with Gasteiger partial charge in [-0.1, -0.05) is 43.2 Å². The van der Waals surface area contributed by atoms with Crippen LogP contribution in [0.15, 0.2) is 53.7 Å². The number of amides is 1. The van der Waals surface area contributed by atoms with Crippen LogP contribution < -0.4 is 14.8 Å². The van der Waals surface area contributed by atoms with E-state index >= 15 is 0 Å². The number of nitrogens with zero attached hydrogens (tertiary/aromatic N) is 3. The van der Waals surface area contributed by atoms with Crippen LogP contribution in [0.5, 0.6) is 11.5 Å². The monoisotopic (exact) mass is 470 g/mol. The number of benzene rings is 2. The molecule has 0 saturated heterocycles. The molecule has 4 rings (SSSR count). The molecule has 3 aromatic rings. The lowest BCUT2D eigenvalue weighted by molar-refractivity contribution is -0.119. The Balaban J connectivity index is 1.48. The first-order valence-electron chi connectivity index (χ1n) is 11.0. The summed E-state index contributed by atoms with van der Waals surface area (Å²) in [6.07, 6.45) is 5.58. The van der Waals surface area contributed by atoms with Crippen LogP contribution in [-0.2, 0) is 11.4 Å². The fourth-order valence-corrected chi connectivity index (χ4v) is 4.60. The second kappa shape index (κ2) is 11.2. The summed E-state index contributed by atoms with van der Waals surface area (Å²) in [5.74, 6) is 1.51. The SMILES string of the molecule is COc1ccc(OCc2nnc(SCC(=O)NC3CCCCC3)n2-c2ccccc2F)cc1. The standard InChI is InChI=1S/C24H27FN4O3S/c1-31-18-11-13-19(14-12-18)32-15-22-27-28-24(29(22)21-10-6-5-9-20(21)25)33-16-23(30)26-17-7-3-2-4-8-17/h5-6,9-14,17H,2-4,7-8,15-16H2,1H3,(H,26,30). The highest BCUT2D eigenvalue weighted by Gasteiger charge is 2.20. The van der Waals surface area contributed by atoms with Crippen molar-refractivity contribution in [2.75, 3.05) is 12.9 Å². The molecule has 0 atom stereocenters. The maximum atomic E-state index is 14.6. The van der Waals surface area contributed by atoms with Gasteiger partial charge in [-0.05, 0) is 49.2 Å². The van der Waals surface area contributed by atoms with E-state index in [1.807, 2.05) is 0 Å². The Morgan fingerprint density at radius 2 is 1.82 bits per heavy atom. The van der Waals surface area contributed by atoms with Gasteiger partial charge >= 0.3 is 0 Å². The summed E-state index contributed by atoms with van der Waals surface area (Å²) in [4.78, 5) is 12.5. The molecular weight excluding hydrogens is 443 g/mol. The molecule has 0 aliphatic heterocycles. The van der Waals surface area contributed by atoms with Crippen LogP contribution in [0.3, 0.4) is 0 Å². The molecule has 1 heterocycles. The zero-order chi connectivity index (χ0) is 23.0. The molecule has 1 fully saturated rings. The van der Waals surface area contributed by atoms with Crippen LogP contribution in [-0.4, -0.2) is 39.6 Å². The third-order valence-electron chi connectivity index (χ3n) is 5.52. The van der Waals surface area contributed by atoms with E-state index in [1.54, 1.807) is 54.1 Å². The van der Waals surface area contributed by atoms with Gasteiger partial charge in [-0.15, -0.1) is 10.2 Å². The van der Waals surface area contributed by atoms with Crippen molar-refractivity contribution in [1.82, 2.24) is 20.1 Å². The van der Waals surface area contributed by atoms with E-state index in [1.165, 1.54) is 24.2 Å². The molecule has 7 nitrogen and oxygen atoms in total. The number of hydrogen-bond donors (Lipinski definition) is 1. The van der Waals surface area contributed by atoms with Gasteiger partial charge in [0.1, 0.15) is 23.9 Å². The third kappa shape index (κ3) is 6.04. The summed E-state index contributed by atoms with van der Waals surface area (Å²) >= 11 is 1.23. The molecule has 0 bridgehead atoms. The Morgan fingerprint density at radius 1 is 1.09 bits per heavy atom. The van der Waals surface area contributed by atoms with E-state index in [2.05, 4.69) is 15.5 Å². The summed E-state index contributed by atoms with van der Waals surface area (Å²) < 4.78 is 27.3. The lowest BCUT2D eigenvalue weighted by atomic mass is 9.95. The number of thioether (sulfide) groups is 1. The van der Waals surface area contributed by atoms with Crippen LogP contribution in [0.25, 0.3) is 5.69 Å². The highest BCUT2D eigenvalue weighted by molar-refractivity contribution is 7.99. The Hall–Kier alpha value is -3.07. The van der Waals surface area contributed by atoms with Crippen molar-refractivity contribution in [3.8, 4) is 17.2 Å². The normalized spacial score (nSPS) is 14.1. The molecule has 1 N–H and O–H groups in total. The number of aromatic nitrogens is 3. The molecule has 9 heteroatoms. The number of halogens is 1. The molecule has 1 aliphatic rings. The first-order valence-corrected chi connectivity index (χ1v) is 12.0. The van der Waals surface area contributed by atoms with Crippen LogP contribution in [0.4, 0.5) is 4.39 Å². The predicted octanol–water partition coefficient (Wildman–Crippen LogP) is 4.54. The molecule has 1 aliphatic carbocycles. The van der Waals surface area contributed by atoms with Crippen LogP contribution >= 0.6 is 11.8 Å². The summed E-state index contributed by atoms with van der Waals surface area (Å²) in [5, 5.41) is 12.0. The van der Waals surface area contributed by atoms with Gasteiger partial charge in [-0.2, -0.15) is 0 Å². The van der Waals surface area contributed by atoms with Crippen molar-refractivity contribution in [1.29, 1.82) is 0 Å². The van der Waals surface area contributed by atoms with Gasteiger partial charge in [0.15, 0.2) is 11.0 Å². The van der Waals surface area contributed by atoms with Crippen molar-refractivity contribution >= 4 is 17.7 Å². The van der Waals surface area contributed by atoms with E-state index < -0.39 is 5.82 Å². The molecule has 174 valence electrons. The van der Waals surface area contributed by atoms with E-state index in [0.29, 0.717) is 22.4 Å². The van der Waals surface area contributed by atoms with Crippen molar-refractivity contribution < 1.29 is 18.7 Å². The van der Waals surface area contributed by atoms with E-state index in [9.17, 15) is 9.18 Å². The molecule has 0 radical (unpaired) electrons. The number of methoxy groups -OCH3 is 1. The van der Waals surface area contributed by atoms with Crippen molar-refractivity contribution in [2.45, 2.75) is 49.9 Å². The zero-order valence-electron chi connectivity index (χ0n) is 18.5. The van der Waals surface area contributed by atoms with E-state index in [-0.39, 0.29) is 24.3 Å². The number of para-hydroxylation sites is 1. The van der Waals surface area contributed by atoms with Gasteiger partial charge in [0.25, 0.3) is 0 Å². The van der Waals surface area contributed by atoms with Gasteiger partial charge in [-0.3, -0.25) is 9.36 Å². The van der Waals surface area contributed by atoms with Gasteiger partial charge in [0, 0.05) is 6.04 Å². The summed E-state index contributed by atoms with van der Waals surface area (Å²) in [6, 6.07) is 13.8. The van der Waals surface area contributed by atoms with Gasteiger partial charge < -0.3 is 14.8 Å². The highest BCUT2D eigenvalue weighted by atomic mass is 32.2. The number of nitrogens with one attached hydrogen (secondary N) is 1. The smallest absolute Gasteiger partial charge is 0.230 e. The van der Waals surface area contributed by atoms with Crippen LogP contribution in [0.2, 0.25) is 0 Å². The predicted molar refractivity (Wildman–Crippen MR) is 124 cm³/mol. The molecule has 1 saturated carbocycles. The molecule has 0 unspecified atom stereocenters. The average molecular weight is 471 g/mol. The minimum Gasteiger partial charge on any atom is -0.497 e. The Morgan fingerprint density at radius 3 is 2.55 bits per heavy atom. The van der Waals surface area contributed by atoms with Crippen molar-refractivity contribution in [3.63, 3.8) is 0 Å². The van der Waals surface area contributed by atoms with Crippen LogP contribution in [0.1, 0.15) is 37.9 Å². The fraction of sp³-hybridized carbons (Fsp3) is 0.375. The average Bonchev–Trinajstić information content (AvgIpc) is 3.25.